The van der Waals surface area contributed by atoms with Gasteiger partial charge in [0.2, 0.25) is 4.77 Å². The Morgan fingerprint density at radius 3 is 2.23 bits per heavy atom. The molecule has 3 aromatic rings. The number of aromatic nitrogens is 3. The number of benzene rings is 2. The molecule has 1 aromatic heterocycles. The van der Waals surface area contributed by atoms with Crippen LogP contribution < -0.4 is 0 Å². The van der Waals surface area contributed by atoms with E-state index >= 15 is 0 Å². The standard InChI is InChI=1S/C22H26N4O2S2/c1-16-4-8-18(9-5-16)21-23-25(15-24(3)20-12-13-30(27,28)14-20)22(29)26(21)19-10-6-17(2)7-11-19/h4-11,20H,12-15H2,1-3H3/t20-/m1/s1. The summed E-state index contributed by atoms with van der Waals surface area (Å²) in [6.45, 7) is 4.55. The average molecular weight is 443 g/mol. The fraction of sp³-hybridized carbons (Fsp3) is 0.364. The van der Waals surface area contributed by atoms with Crippen LogP contribution in [0.15, 0.2) is 48.5 Å². The highest BCUT2D eigenvalue weighted by molar-refractivity contribution is 7.91. The summed E-state index contributed by atoms with van der Waals surface area (Å²) < 4.78 is 28.1. The Kier molecular flexibility index (Phi) is 5.65. The van der Waals surface area contributed by atoms with Gasteiger partial charge in [0.25, 0.3) is 0 Å². The zero-order valence-corrected chi connectivity index (χ0v) is 19.1. The zero-order valence-electron chi connectivity index (χ0n) is 17.4. The Morgan fingerprint density at radius 2 is 1.67 bits per heavy atom. The van der Waals surface area contributed by atoms with E-state index in [0.717, 1.165) is 17.1 Å². The summed E-state index contributed by atoms with van der Waals surface area (Å²) >= 11 is 5.81. The van der Waals surface area contributed by atoms with Gasteiger partial charge in [0, 0.05) is 17.3 Å². The fourth-order valence-electron chi connectivity index (χ4n) is 3.77. The summed E-state index contributed by atoms with van der Waals surface area (Å²) in [7, 11) is -1.01. The zero-order chi connectivity index (χ0) is 21.5. The summed E-state index contributed by atoms with van der Waals surface area (Å²) in [6, 6.07) is 16.4. The van der Waals surface area contributed by atoms with Crippen LogP contribution in [0.3, 0.4) is 0 Å². The van der Waals surface area contributed by atoms with Crippen LogP contribution in [0.4, 0.5) is 0 Å². The molecule has 0 radical (unpaired) electrons. The van der Waals surface area contributed by atoms with Gasteiger partial charge in [-0.15, -0.1) is 5.10 Å². The van der Waals surface area contributed by atoms with Crippen LogP contribution >= 0.6 is 12.2 Å². The smallest absolute Gasteiger partial charge is 0.204 e. The second kappa shape index (κ2) is 8.09. The van der Waals surface area contributed by atoms with E-state index in [1.165, 1.54) is 11.1 Å². The van der Waals surface area contributed by atoms with E-state index in [1.54, 1.807) is 4.68 Å². The van der Waals surface area contributed by atoms with E-state index < -0.39 is 9.84 Å². The average Bonchev–Trinajstić information content (AvgIpc) is 3.23. The van der Waals surface area contributed by atoms with Crippen LogP contribution in [-0.2, 0) is 16.5 Å². The molecule has 2 heterocycles. The molecule has 0 amide bonds. The molecule has 0 N–H and O–H groups in total. The second-order valence-electron chi connectivity index (χ2n) is 8.10. The van der Waals surface area contributed by atoms with Gasteiger partial charge in [-0.05, 0) is 51.7 Å². The molecule has 8 heteroatoms. The number of hydrogen-bond donors (Lipinski definition) is 0. The van der Waals surface area contributed by atoms with Gasteiger partial charge < -0.3 is 0 Å². The van der Waals surface area contributed by atoms with Crippen molar-refractivity contribution < 1.29 is 8.42 Å². The molecule has 2 aromatic carbocycles. The lowest BCUT2D eigenvalue weighted by Crippen LogP contribution is -2.34. The Hall–Kier alpha value is -2.29. The van der Waals surface area contributed by atoms with Crippen LogP contribution in [0.5, 0.6) is 0 Å². The second-order valence-corrected chi connectivity index (χ2v) is 10.7. The third-order valence-corrected chi connectivity index (χ3v) is 7.77. The molecule has 0 saturated carbocycles. The molecule has 0 bridgehead atoms. The Bertz CT molecular complexity index is 1210. The molecule has 0 spiro atoms. The van der Waals surface area contributed by atoms with Crippen molar-refractivity contribution in [2.24, 2.45) is 0 Å². The Morgan fingerprint density at radius 1 is 1.07 bits per heavy atom. The fourth-order valence-corrected chi connectivity index (χ4v) is 5.86. The molecule has 4 rings (SSSR count). The van der Waals surface area contributed by atoms with E-state index in [2.05, 4.69) is 50.2 Å². The summed E-state index contributed by atoms with van der Waals surface area (Å²) in [5.41, 5.74) is 4.30. The molecule has 1 aliphatic rings. The first-order chi connectivity index (χ1) is 14.2. The lowest BCUT2D eigenvalue weighted by atomic mass is 10.1. The van der Waals surface area contributed by atoms with E-state index in [4.69, 9.17) is 17.3 Å². The van der Waals surface area contributed by atoms with Gasteiger partial charge in [-0.25, -0.2) is 13.1 Å². The highest BCUT2D eigenvalue weighted by Crippen LogP contribution is 2.24. The summed E-state index contributed by atoms with van der Waals surface area (Å²) in [6.07, 6.45) is 0.648. The monoisotopic (exact) mass is 442 g/mol. The number of nitrogens with zero attached hydrogens (tertiary/aromatic N) is 4. The number of rotatable bonds is 5. The first kappa shape index (κ1) is 21.0. The van der Waals surface area contributed by atoms with Gasteiger partial charge in [-0.1, -0.05) is 47.5 Å². The number of sulfone groups is 1. The van der Waals surface area contributed by atoms with Gasteiger partial charge >= 0.3 is 0 Å². The van der Waals surface area contributed by atoms with E-state index in [9.17, 15) is 8.42 Å². The Labute approximate surface area is 182 Å². The van der Waals surface area contributed by atoms with Crippen molar-refractivity contribution in [3.63, 3.8) is 0 Å². The largest absolute Gasteiger partial charge is 0.283 e. The lowest BCUT2D eigenvalue weighted by Gasteiger charge is -2.22. The van der Waals surface area contributed by atoms with Gasteiger partial charge in [-0.3, -0.25) is 9.47 Å². The van der Waals surface area contributed by atoms with Gasteiger partial charge in [0.1, 0.15) is 0 Å². The van der Waals surface area contributed by atoms with Crippen LogP contribution in [0.1, 0.15) is 17.5 Å². The molecule has 6 nitrogen and oxygen atoms in total. The molecule has 1 atom stereocenters. The predicted octanol–water partition coefficient (Wildman–Crippen LogP) is 3.76. The summed E-state index contributed by atoms with van der Waals surface area (Å²) in [4.78, 5) is 2.03. The van der Waals surface area contributed by atoms with Crippen molar-refractivity contribution in [3.8, 4) is 17.1 Å². The molecule has 158 valence electrons. The van der Waals surface area contributed by atoms with Crippen LogP contribution in [0, 0.1) is 18.6 Å². The molecule has 1 aliphatic heterocycles. The normalized spacial score (nSPS) is 18.2. The maximum absolute atomic E-state index is 11.9. The van der Waals surface area contributed by atoms with Crippen molar-refractivity contribution in [2.75, 3.05) is 18.6 Å². The number of hydrogen-bond acceptors (Lipinski definition) is 5. The maximum atomic E-state index is 11.9. The van der Waals surface area contributed by atoms with E-state index in [0.29, 0.717) is 17.9 Å². The molecule has 0 aliphatic carbocycles. The SMILES string of the molecule is Cc1ccc(-c2nn(CN(C)[C@@H]3CCS(=O)(=O)C3)c(=S)n2-c2ccc(C)cc2)cc1. The lowest BCUT2D eigenvalue weighted by molar-refractivity contribution is 0.196. The van der Waals surface area contributed by atoms with Crippen molar-refractivity contribution in [3.05, 3.63) is 64.4 Å². The minimum atomic E-state index is -2.94. The molecular formula is C22H26N4O2S2. The first-order valence-corrected chi connectivity index (χ1v) is 12.2. The van der Waals surface area contributed by atoms with Crippen molar-refractivity contribution >= 4 is 22.1 Å². The van der Waals surface area contributed by atoms with Crippen LogP contribution in [-0.4, -0.2) is 52.3 Å². The molecule has 0 unspecified atom stereocenters. The molecular weight excluding hydrogens is 416 g/mol. The quantitative estimate of drug-likeness (QED) is 0.563. The van der Waals surface area contributed by atoms with E-state index in [1.807, 2.05) is 28.6 Å². The topological polar surface area (TPSA) is 60.1 Å². The highest BCUT2D eigenvalue weighted by Gasteiger charge is 2.31. The maximum Gasteiger partial charge on any atom is 0.204 e. The van der Waals surface area contributed by atoms with E-state index in [-0.39, 0.29) is 17.5 Å². The minimum Gasteiger partial charge on any atom is -0.283 e. The van der Waals surface area contributed by atoms with Crippen LogP contribution in [0.25, 0.3) is 17.1 Å². The number of aryl methyl sites for hydroxylation is 2. The first-order valence-electron chi connectivity index (χ1n) is 9.98. The molecule has 1 saturated heterocycles. The van der Waals surface area contributed by atoms with Crippen molar-refractivity contribution in [2.45, 2.75) is 33.0 Å². The highest BCUT2D eigenvalue weighted by atomic mass is 32.2. The van der Waals surface area contributed by atoms with Crippen molar-refractivity contribution in [1.29, 1.82) is 0 Å². The summed E-state index contributed by atoms with van der Waals surface area (Å²) in [5.74, 6) is 1.22. The van der Waals surface area contributed by atoms with Gasteiger partial charge in [0.05, 0.1) is 18.2 Å². The summed E-state index contributed by atoms with van der Waals surface area (Å²) in [5, 5.41) is 4.84. The third kappa shape index (κ3) is 4.26. The predicted molar refractivity (Wildman–Crippen MR) is 122 cm³/mol. The van der Waals surface area contributed by atoms with Gasteiger partial charge in [0.15, 0.2) is 15.7 Å². The minimum absolute atomic E-state index is 0.00995. The van der Waals surface area contributed by atoms with Crippen molar-refractivity contribution in [1.82, 2.24) is 19.2 Å². The third-order valence-electron chi connectivity index (χ3n) is 5.63. The Balaban J connectivity index is 1.75. The molecule has 30 heavy (non-hydrogen) atoms. The molecule has 1 fully saturated rings. The van der Waals surface area contributed by atoms with Gasteiger partial charge in [-0.2, -0.15) is 0 Å². The van der Waals surface area contributed by atoms with Crippen LogP contribution in [0.2, 0.25) is 0 Å².